The van der Waals surface area contributed by atoms with Gasteiger partial charge >= 0.3 is 47.4 Å². The molecule has 0 aromatic heterocycles. The zero-order valence-corrected chi connectivity index (χ0v) is 21.9. The van der Waals surface area contributed by atoms with Gasteiger partial charge in [0.1, 0.15) is 12.1 Å². The van der Waals surface area contributed by atoms with Gasteiger partial charge in [-0.2, -0.15) is 0 Å². The van der Waals surface area contributed by atoms with E-state index in [1.165, 1.54) is 17.0 Å². The van der Waals surface area contributed by atoms with Crippen molar-refractivity contribution < 1.29 is 66.5 Å². The van der Waals surface area contributed by atoms with E-state index in [4.69, 9.17) is 5.53 Å². The van der Waals surface area contributed by atoms with E-state index in [0.717, 1.165) is 0 Å². The molecule has 16 nitrogen and oxygen atoms in total. The summed E-state index contributed by atoms with van der Waals surface area (Å²) in [6.45, 7) is 1.92. The van der Waals surface area contributed by atoms with Crippen LogP contribution in [0.4, 0.5) is 4.79 Å². The van der Waals surface area contributed by atoms with Gasteiger partial charge in [-0.3, -0.25) is 24.1 Å². The first kappa shape index (κ1) is 29.0. The van der Waals surface area contributed by atoms with Crippen LogP contribution in [0.25, 0.3) is 10.4 Å². The molecule has 1 aromatic carbocycles. The van der Waals surface area contributed by atoms with Crippen LogP contribution in [-0.4, -0.2) is 88.6 Å². The number of azide groups is 1. The quantitative estimate of drug-likeness (QED) is 0.0663. The molecule has 2 aliphatic heterocycles. The molecule has 0 spiro atoms. The van der Waals surface area contributed by atoms with Gasteiger partial charge in [-0.05, 0) is 18.0 Å². The van der Waals surface area contributed by atoms with E-state index in [-0.39, 0.29) is 59.1 Å². The van der Waals surface area contributed by atoms with Crippen LogP contribution < -0.4 is 40.2 Å². The Kier molecular flexibility index (Phi) is 9.42. The molecule has 2 fully saturated rings. The van der Waals surface area contributed by atoms with Crippen LogP contribution in [0.15, 0.2) is 35.4 Å². The Morgan fingerprint density at radius 1 is 1.19 bits per heavy atom. The number of rotatable bonds is 7. The monoisotopic (exact) mass is 530 g/mol. The van der Waals surface area contributed by atoms with E-state index in [1.54, 1.807) is 25.1 Å². The second-order valence-corrected chi connectivity index (χ2v) is 8.58. The van der Waals surface area contributed by atoms with Gasteiger partial charge < -0.3 is 20.1 Å². The first-order chi connectivity index (χ1) is 16.5. The predicted molar refractivity (Wildman–Crippen MR) is 113 cm³/mol. The van der Waals surface area contributed by atoms with Gasteiger partial charge in [-0.1, -0.05) is 35.4 Å². The van der Waals surface area contributed by atoms with Gasteiger partial charge in [0.25, 0.3) is 5.91 Å². The molecule has 2 saturated heterocycles. The SMILES string of the molecule is CCN1CCN(C(=O)N[C@@H](C(=O)N[C@@H]2C(=O)N(S(=O)(=O)[O-])[C@H]2N=[N+]=[N-])c2ccccc2)C(=O)C1=O.[Na+]. The number of hydrogen-bond donors (Lipinski definition) is 2. The maximum absolute atomic E-state index is 13.0. The maximum Gasteiger partial charge on any atom is 1.00 e. The van der Waals surface area contributed by atoms with Crippen molar-refractivity contribution in [2.45, 2.75) is 25.2 Å². The van der Waals surface area contributed by atoms with Gasteiger partial charge in [0.2, 0.25) is 5.91 Å². The summed E-state index contributed by atoms with van der Waals surface area (Å²) in [5, 5.41) is 7.54. The number of amides is 6. The molecule has 0 saturated carbocycles. The Morgan fingerprint density at radius 3 is 2.39 bits per heavy atom. The smallest absolute Gasteiger partial charge is 0.731 e. The number of carbonyl (C=O) groups excluding carboxylic acids is 5. The van der Waals surface area contributed by atoms with Gasteiger partial charge in [0.15, 0.2) is 16.5 Å². The van der Waals surface area contributed by atoms with E-state index >= 15 is 0 Å². The van der Waals surface area contributed by atoms with E-state index in [2.05, 4.69) is 20.7 Å². The van der Waals surface area contributed by atoms with Crippen molar-refractivity contribution in [2.75, 3.05) is 19.6 Å². The van der Waals surface area contributed by atoms with Crippen molar-refractivity contribution in [3.8, 4) is 0 Å². The van der Waals surface area contributed by atoms with Crippen molar-refractivity contribution >= 4 is 40.0 Å². The molecule has 0 bridgehead atoms. The maximum atomic E-state index is 13.0. The molecule has 18 heteroatoms. The van der Waals surface area contributed by atoms with E-state index in [0.29, 0.717) is 4.90 Å². The summed E-state index contributed by atoms with van der Waals surface area (Å²) in [5.74, 6) is -4.34. The summed E-state index contributed by atoms with van der Waals surface area (Å²) < 4.78 is 33.5. The summed E-state index contributed by atoms with van der Waals surface area (Å²) in [4.78, 5) is 66.7. The molecule has 2 heterocycles. The van der Waals surface area contributed by atoms with Crippen molar-refractivity contribution in [3.63, 3.8) is 0 Å². The molecule has 3 rings (SSSR count). The van der Waals surface area contributed by atoms with Crippen LogP contribution in [0.1, 0.15) is 18.5 Å². The second kappa shape index (κ2) is 11.7. The summed E-state index contributed by atoms with van der Waals surface area (Å²) in [6.07, 6.45) is -1.84. The van der Waals surface area contributed by atoms with Crippen LogP contribution >= 0.6 is 0 Å². The first-order valence-corrected chi connectivity index (χ1v) is 11.5. The summed E-state index contributed by atoms with van der Waals surface area (Å²) in [6, 6.07) is 3.35. The van der Waals surface area contributed by atoms with E-state index < -0.39 is 58.2 Å². The van der Waals surface area contributed by atoms with Gasteiger partial charge in [-0.15, -0.1) is 0 Å². The number of benzene rings is 1. The van der Waals surface area contributed by atoms with E-state index in [1.807, 2.05) is 0 Å². The molecular weight excluding hydrogens is 511 g/mol. The fourth-order valence-electron chi connectivity index (χ4n) is 3.55. The van der Waals surface area contributed by atoms with Crippen molar-refractivity contribution in [3.05, 3.63) is 46.3 Å². The predicted octanol–water partition coefficient (Wildman–Crippen LogP) is -4.44. The minimum Gasteiger partial charge on any atom is -0.731 e. The zero-order chi connectivity index (χ0) is 25.9. The summed E-state index contributed by atoms with van der Waals surface area (Å²) in [7, 11) is -5.31. The number of carbonyl (C=O) groups is 5. The fraction of sp³-hybridized carbons (Fsp3) is 0.389. The topological polar surface area (TPSA) is 225 Å². The fourth-order valence-corrected chi connectivity index (χ4v) is 4.31. The Labute approximate surface area is 226 Å². The van der Waals surface area contributed by atoms with Gasteiger partial charge in [-0.25, -0.2) is 17.5 Å². The number of imide groups is 1. The van der Waals surface area contributed by atoms with Crippen LogP contribution in [0, 0.1) is 0 Å². The third kappa shape index (κ3) is 5.77. The molecular formula is C18H19N8NaO8S. The average Bonchev–Trinajstić information content (AvgIpc) is 2.81. The second-order valence-electron chi connectivity index (χ2n) is 7.33. The standard InChI is InChI=1S/C18H20N8O8S.Na/c1-2-24-8-9-25(17(30)16(24)29)18(31)21-11(10-6-4-3-5-7-10)14(27)20-12-13(22-23-19)26(15(12)28)35(32,33)34;/h3-7,11-13H,2,8-9H2,1H3,(H,20,27)(H,21,31)(H,32,33,34);/q;+1/p-1/t11-,12+,13-;/m1./s1. The van der Waals surface area contributed by atoms with Crippen LogP contribution in [0.2, 0.25) is 0 Å². The Morgan fingerprint density at radius 2 is 1.83 bits per heavy atom. The minimum atomic E-state index is -5.31. The van der Waals surface area contributed by atoms with Gasteiger partial charge in [0.05, 0.1) is 0 Å². The molecule has 36 heavy (non-hydrogen) atoms. The molecule has 3 atom stereocenters. The van der Waals surface area contributed by atoms with Gasteiger partial charge in [0, 0.05) is 24.5 Å². The molecule has 2 aliphatic rings. The molecule has 0 radical (unpaired) electrons. The number of likely N-dealkylation sites (N-methyl/N-ethyl adjacent to an activating group) is 1. The Balaban J connectivity index is 0.00000456. The Hall–Kier alpha value is -3.21. The molecule has 186 valence electrons. The molecule has 6 amide bonds. The number of piperazine rings is 1. The number of hydrogen-bond acceptors (Lipinski definition) is 9. The third-order valence-corrected chi connectivity index (χ3v) is 6.21. The molecule has 0 aliphatic carbocycles. The van der Waals surface area contributed by atoms with Crippen LogP contribution in [-0.2, 0) is 29.5 Å². The van der Waals surface area contributed by atoms with Crippen LogP contribution in [0.3, 0.4) is 0 Å². The third-order valence-electron chi connectivity index (χ3n) is 5.33. The minimum absolute atomic E-state index is 0. The summed E-state index contributed by atoms with van der Waals surface area (Å²) in [5.41, 5.74) is 8.85. The Bertz CT molecular complexity index is 1220. The van der Waals surface area contributed by atoms with Crippen LogP contribution in [0.5, 0.6) is 0 Å². The van der Waals surface area contributed by atoms with Crippen molar-refractivity contribution in [1.29, 1.82) is 0 Å². The largest absolute Gasteiger partial charge is 1.00 e. The number of β-lactam (4-membered cyclic amide) rings is 1. The van der Waals surface area contributed by atoms with Crippen molar-refractivity contribution in [1.82, 2.24) is 24.7 Å². The first-order valence-electron chi connectivity index (χ1n) is 10.1. The number of nitrogens with zero attached hydrogens (tertiary/aromatic N) is 6. The van der Waals surface area contributed by atoms with Crippen molar-refractivity contribution in [2.24, 2.45) is 5.11 Å². The van der Waals surface area contributed by atoms with E-state index in [9.17, 15) is 36.9 Å². The zero-order valence-electron chi connectivity index (χ0n) is 19.1. The average molecular weight is 530 g/mol. The summed E-state index contributed by atoms with van der Waals surface area (Å²) >= 11 is 0. The molecule has 2 N–H and O–H groups in total. The normalized spacial score (nSPS) is 20.5. The number of nitrogens with one attached hydrogen (secondary N) is 2. The molecule has 1 aromatic rings. The number of urea groups is 1. The molecule has 0 unspecified atom stereocenters.